The maximum absolute atomic E-state index is 9.81. The van der Waals surface area contributed by atoms with E-state index >= 15 is 0 Å². The van der Waals surface area contributed by atoms with E-state index in [9.17, 15) is 20.4 Å². The molecule has 0 aromatic heterocycles. The first kappa shape index (κ1) is 35.3. The quantitative estimate of drug-likeness (QED) is 0.0649. The molecule has 0 aliphatic heterocycles. The Kier molecular flexibility index (Phi) is 15.1. The molecule has 3 rings (SSSR count). The van der Waals surface area contributed by atoms with Crippen LogP contribution in [0.1, 0.15) is 68.9 Å². The van der Waals surface area contributed by atoms with Crippen molar-refractivity contribution in [3.63, 3.8) is 0 Å². The molecule has 0 spiro atoms. The van der Waals surface area contributed by atoms with Gasteiger partial charge in [0, 0.05) is 35.6 Å². The highest BCUT2D eigenvalue weighted by Crippen LogP contribution is 2.35. The Bertz CT molecular complexity index is 1330. The third-order valence-electron chi connectivity index (χ3n) is 5.96. The van der Waals surface area contributed by atoms with E-state index in [2.05, 4.69) is 28.2 Å². The molecule has 0 heterocycles. The fourth-order valence-corrected chi connectivity index (χ4v) is 4.59. The van der Waals surface area contributed by atoms with Crippen molar-refractivity contribution in [1.82, 2.24) is 10.6 Å². The highest BCUT2D eigenvalue weighted by Gasteiger charge is 2.14. The van der Waals surface area contributed by atoms with Crippen molar-refractivity contribution in [2.75, 3.05) is 17.2 Å². The summed E-state index contributed by atoms with van der Waals surface area (Å²) in [6.45, 7) is 6.68. The predicted octanol–water partition coefficient (Wildman–Crippen LogP) is 7.16. The first-order chi connectivity index (χ1) is 19.9. The van der Waals surface area contributed by atoms with Crippen LogP contribution in [0.5, 0.6) is 11.5 Å². The van der Waals surface area contributed by atoms with E-state index in [4.69, 9.17) is 47.6 Å². The van der Waals surface area contributed by atoms with Crippen LogP contribution in [-0.4, -0.2) is 37.2 Å². The van der Waals surface area contributed by atoms with Crippen LogP contribution in [0, 0.1) is 0 Å². The topological polar surface area (TPSA) is 129 Å². The molecule has 0 aliphatic carbocycles. The van der Waals surface area contributed by atoms with Gasteiger partial charge in [0.25, 0.3) is 0 Å². The largest absolute Gasteiger partial charge is 0.506 e. The Balaban J connectivity index is 0.000000295. The third-order valence-corrected chi connectivity index (χ3v) is 7.03. The lowest BCUT2D eigenvalue weighted by molar-refractivity contribution is 0.194. The molecule has 2 unspecified atom stereocenters. The molecule has 2 atom stereocenters. The number of aromatic hydroxyl groups is 2. The van der Waals surface area contributed by atoms with Gasteiger partial charge < -0.3 is 41.7 Å². The van der Waals surface area contributed by atoms with E-state index in [0.717, 1.165) is 31.4 Å². The van der Waals surface area contributed by atoms with Gasteiger partial charge in [-0.1, -0.05) is 73.3 Å². The molecule has 0 radical (unpaired) electrons. The van der Waals surface area contributed by atoms with Crippen LogP contribution in [0.25, 0.3) is 0 Å². The number of nitrogens with one attached hydrogen (secondary N) is 4. The van der Waals surface area contributed by atoms with Gasteiger partial charge in [-0.2, -0.15) is 0 Å². The molecule has 0 aliphatic rings. The lowest BCUT2D eigenvalue weighted by Gasteiger charge is -2.14. The van der Waals surface area contributed by atoms with Gasteiger partial charge in [0.15, 0.2) is 10.2 Å². The van der Waals surface area contributed by atoms with Gasteiger partial charge in [-0.25, -0.2) is 0 Å². The summed E-state index contributed by atoms with van der Waals surface area (Å²) < 4.78 is 0. The molecule has 0 amide bonds. The van der Waals surface area contributed by atoms with Gasteiger partial charge in [0.05, 0.1) is 22.3 Å². The number of anilines is 2. The van der Waals surface area contributed by atoms with Crippen molar-refractivity contribution >= 4 is 69.2 Å². The number of rotatable bonds is 10. The molecule has 0 bridgehead atoms. The number of unbranched alkanes of at least 4 members (excludes halogenated alkanes) is 2. The van der Waals surface area contributed by atoms with Crippen LogP contribution < -0.4 is 21.3 Å². The molecule has 12 heteroatoms. The highest BCUT2D eigenvalue weighted by atomic mass is 35.5. The Morgan fingerprint density at radius 3 is 1.69 bits per heavy atom. The lowest BCUT2D eigenvalue weighted by atomic mass is 10.1. The number of hydrogen-bond acceptors (Lipinski definition) is 6. The van der Waals surface area contributed by atoms with Crippen LogP contribution in [0.2, 0.25) is 10.0 Å². The summed E-state index contributed by atoms with van der Waals surface area (Å²) in [6.07, 6.45) is 1.75. The fourth-order valence-electron chi connectivity index (χ4n) is 3.73. The normalized spacial score (nSPS) is 11.9. The predicted molar refractivity (Wildman–Crippen MR) is 181 cm³/mol. The molecule has 0 saturated carbocycles. The smallest absolute Gasteiger partial charge is 0.171 e. The molecule has 42 heavy (non-hydrogen) atoms. The molecule has 0 saturated heterocycles. The van der Waals surface area contributed by atoms with Crippen molar-refractivity contribution in [2.45, 2.75) is 58.8 Å². The first-order valence-corrected chi connectivity index (χ1v) is 15.0. The van der Waals surface area contributed by atoms with Gasteiger partial charge in [-0.05, 0) is 74.5 Å². The zero-order valence-corrected chi connectivity index (χ0v) is 26.9. The summed E-state index contributed by atoms with van der Waals surface area (Å²) in [7, 11) is 0. The summed E-state index contributed by atoms with van der Waals surface area (Å²) in [5.41, 5.74) is 3.07. The molecule has 8 N–H and O–H groups in total. The molecular weight excluding hydrogens is 615 g/mol. The third kappa shape index (κ3) is 11.8. The van der Waals surface area contributed by atoms with Gasteiger partial charge in [-0.3, -0.25) is 0 Å². The second-order valence-corrected chi connectivity index (χ2v) is 11.2. The number of halogens is 2. The second-order valence-electron chi connectivity index (χ2n) is 9.53. The average molecular weight is 654 g/mol. The van der Waals surface area contributed by atoms with Gasteiger partial charge in [0.1, 0.15) is 11.5 Å². The average Bonchev–Trinajstić information content (AvgIpc) is 2.94. The van der Waals surface area contributed by atoms with Crippen molar-refractivity contribution in [1.29, 1.82) is 0 Å². The van der Waals surface area contributed by atoms with Crippen LogP contribution in [0.3, 0.4) is 0 Å². The molecule has 3 aromatic carbocycles. The summed E-state index contributed by atoms with van der Waals surface area (Å²) in [5, 5.41) is 52.2. The fraction of sp³-hybridized carbons (Fsp3) is 0.333. The van der Waals surface area contributed by atoms with E-state index in [1.54, 1.807) is 38.1 Å². The highest BCUT2D eigenvalue weighted by molar-refractivity contribution is 7.80. The maximum Gasteiger partial charge on any atom is 0.171 e. The van der Waals surface area contributed by atoms with E-state index in [0.29, 0.717) is 39.3 Å². The van der Waals surface area contributed by atoms with Crippen LogP contribution >= 0.6 is 47.6 Å². The number of aliphatic hydroxyl groups excluding tert-OH is 2. The number of phenols is 2. The summed E-state index contributed by atoms with van der Waals surface area (Å²) in [5.74, 6) is -0.223. The standard InChI is InChI=1S/C16H17ClN2O2S.C14H21ClN2O2S/c1-10(20)13-7-12(8-14(17)15(13)21)19-16(22)18-9-11-5-3-2-4-6-11;1-3-4-5-6-16-14(20)17-10-7-11(9(2)18)13(19)12(15)8-10/h2-8,10,20-21H,9H2,1H3,(H2,18,19,22);7-9,18-19H,3-6H2,1-2H3,(H2,16,17,20). The van der Waals surface area contributed by atoms with Gasteiger partial charge in [-0.15, -0.1) is 0 Å². The minimum Gasteiger partial charge on any atom is -0.506 e. The van der Waals surface area contributed by atoms with Gasteiger partial charge in [0.2, 0.25) is 0 Å². The number of aliphatic hydroxyl groups is 2. The zero-order chi connectivity index (χ0) is 31.2. The summed E-state index contributed by atoms with van der Waals surface area (Å²) >= 11 is 22.3. The number of phenolic OH excluding ortho intramolecular Hbond substituents is 2. The van der Waals surface area contributed by atoms with Crippen LogP contribution in [-0.2, 0) is 6.54 Å². The van der Waals surface area contributed by atoms with E-state index in [1.165, 1.54) is 0 Å². The Morgan fingerprint density at radius 1 is 0.762 bits per heavy atom. The van der Waals surface area contributed by atoms with Crippen molar-refractivity contribution < 1.29 is 20.4 Å². The number of hydrogen-bond donors (Lipinski definition) is 8. The Hall–Kier alpha value is -2.86. The first-order valence-electron chi connectivity index (χ1n) is 13.5. The maximum atomic E-state index is 9.81. The second kappa shape index (κ2) is 17.9. The molecule has 0 fully saturated rings. The SMILES string of the molecule is CC(O)c1cc(NC(=S)NCc2ccccc2)cc(Cl)c1O.CCCCCNC(=S)Nc1cc(Cl)c(O)c(C(C)O)c1. The Labute approximate surface area is 268 Å². The molecule has 228 valence electrons. The van der Waals surface area contributed by atoms with Crippen molar-refractivity contribution in [2.24, 2.45) is 0 Å². The summed E-state index contributed by atoms with van der Waals surface area (Å²) in [6, 6.07) is 16.2. The van der Waals surface area contributed by atoms with E-state index in [-0.39, 0.29) is 21.5 Å². The van der Waals surface area contributed by atoms with Crippen molar-refractivity contribution in [3.05, 3.63) is 81.3 Å². The van der Waals surface area contributed by atoms with Crippen molar-refractivity contribution in [3.8, 4) is 11.5 Å². The minimum absolute atomic E-state index is 0.103. The number of thiocarbonyl (C=S) groups is 2. The number of benzene rings is 3. The molecule has 8 nitrogen and oxygen atoms in total. The van der Waals surface area contributed by atoms with E-state index < -0.39 is 12.2 Å². The van der Waals surface area contributed by atoms with Gasteiger partial charge >= 0.3 is 0 Å². The zero-order valence-electron chi connectivity index (χ0n) is 23.7. The molecular formula is C30H38Cl2N4O4S2. The van der Waals surface area contributed by atoms with Crippen LogP contribution in [0.4, 0.5) is 11.4 Å². The Morgan fingerprint density at radius 2 is 1.24 bits per heavy atom. The van der Waals surface area contributed by atoms with E-state index in [1.807, 2.05) is 30.3 Å². The summed E-state index contributed by atoms with van der Waals surface area (Å²) in [4.78, 5) is 0. The van der Waals surface area contributed by atoms with Crippen LogP contribution in [0.15, 0.2) is 54.6 Å². The molecule has 3 aromatic rings. The lowest BCUT2D eigenvalue weighted by Crippen LogP contribution is -2.29. The monoisotopic (exact) mass is 652 g/mol. The minimum atomic E-state index is -0.829.